The Morgan fingerprint density at radius 1 is 1.15 bits per heavy atom. The Hall–Kier alpha value is -2.67. The van der Waals surface area contributed by atoms with E-state index in [9.17, 15) is 4.79 Å². The number of piperazine rings is 1. The van der Waals surface area contributed by atoms with Crippen LogP contribution in [0.2, 0.25) is 0 Å². The van der Waals surface area contributed by atoms with Crippen LogP contribution in [0.25, 0.3) is 0 Å². The molecule has 2 aromatic rings. The van der Waals surface area contributed by atoms with Crippen molar-refractivity contribution in [2.75, 3.05) is 50.9 Å². The van der Waals surface area contributed by atoms with E-state index in [2.05, 4.69) is 20.9 Å². The maximum absolute atomic E-state index is 12.4. The number of anilines is 1. The number of benzene rings is 1. The van der Waals surface area contributed by atoms with Gasteiger partial charge in [-0.2, -0.15) is 0 Å². The molecule has 7 heteroatoms. The van der Waals surface area contributed by atoms with Crippen LogP contribution in [-0.2, 0) is 9.53 Å². The van der Waals surface area contributed by atoms with Crippen molar-refractivity contribution in [3.63, 3.8) is 0 Å². The molecule has 2 fully saturated rings. The first kappa shape index (κ1) is 17.7. The summed E-state index contributed by atoms with van der Waals surface area (Å²) in [5.41, 5.74) is 1.05. The first-order valence-electron chi connectivity index (χ1n) is 9.40. The van der Waals surface area contributed by atoms with Gasteiger partial charge < -0.3 is 19.3 Å². The van der Waals surface area contributed by atoms with Gasteiger partial charge in [0.1, 0.15) is 17.9 Å². The molecule has 2 aliphatic rings. The lowest BCUT2D eigenvalue weighted by molar-refractivity contribution is -0.133. The van der Waals surface area contributed by atoms with Crippen molar-refractivity contribution in [1.29, 1.82) is 0 Å². The van der Waals surface area contributed by atoms with Gasteiger partial charge in [0.15, 0.2) is 6.61 Å². The van der Waals surface area contributed by atoms with E-state index < -0.39 is 0 Å². The molecule has 1 aromatic carbocycles. The summed E-state index contributed by atoms with van der Waals surface area (Å²) in [5, 5.41) is 0. The van der Waals surface area contributed by atoms with Gasteiger partial charge in [0, 0.05) is 44.8 Å². The van der Waals surface area contributed by atoms with Crippen LogP contribution in [0.3, 0.4) is 0 Å². The second-order valence-electron chi connectivity index (χ2n) is 6.83. The summed E-state index contributed by atoms with van der Waals surface area (Å²) in [5.74, 6) is 2.03. The first-order chi connectivity index (χ1) is 13.3. The number of hydrogen-bond acceptors (Lipinski definition) is 6. The summed E-state index contributed by atoms with van der Waals surface area (Å²) in [6.45, 7) is 4.47. The van der Waals surface area contributed by atoms with Gasteiger partial charge in [-0.15, -0.1) is 0 Å². The molecule has 0 bridgehead atoms. The Bertz CT molecular complexity index is 757. The van der Waals surface area contributed by atoms with E-state index in [-0.39, 0.29) is 12.5 Å². The van der Waals surface area contributed by atoms with Crippen LogP contribution in [0.5, 0.6) is 5.75 Å². The van der Waals surface area contributed by atoms with Crippen molar-refractivity contribution in [2.45, 2.75) is 12.3 Å². The van der Waals surface area contributed by atoms with Crippen LogP contribution in [0.4, 0.5) is 5.82 Å². The van der Waals surface area contributed by atoms with Gasteiger partial charge in [-0.1, -0.05) is 18.2 Å². The van der Waals surface area contributed by atoms with Gasteiger partial charge >= 0.3 is 0 Å². The molecular formula is C20H24N4O3. The summed E-state index contributed by atoms with van der Waals surface area (Å²) in [6, 6.07) is 11.5. The summed E-state index contributed by atoms with van der Waals surface area (Å²) < 4.78 is 11.0. The van der Waals surface area contributed by atoms with Gasteiger partial charge in [-0.25, -0.2) is 9.97 Å². The Labute approximate surface area is 158 Å². The van der Waals surface area contributed by atoms with Crippen molar-refractivity contribution in [3.05, 3.63) is 48.4 Å². The second kappa shape index (κ2) is 8.35. The number of nitrogens with zero attached hydrogens (tertiary/aromatic N) is 4. The van der Waals surface area contributed by atoms with E-state index in [0.717, 1.165) is 44.2 Å². The normalized spacial score (nSPS) is 19.9. The summed E-state index contributed by atoms with van der Waals surface area (Å²) in [6.07, 6.45) is 2.65. The minimum atomic E-state index is 0.0185. The van der Waals surface area contributed by atoms with Crippen LogP contribution in [0.15, 0.2) is 42.7 Å². The van der Waals surface area contributed by atoms with Crippen LogP contribution < -0.4 is 9.64 Å². The van der Waals surface area contributed by atoms with Crippen LogP contribution >= 0.6 is 0 Å². The zero-order valence-corrected chi connectivity index (χ0v) is 15.3. The number of aromatic nitrogens is 2. The van der Waals surface area contributed by atoms with Crippen LogP contribution in [0, 0.1) is 0 Å². The molecule has 0 radical (unpaired) electrons. The van der Waals surface area contributed by atoms with E-state index >= 15 is 0 Å². The molecule has 0 spiro atoms. The molecule has 3 heterocycles. The predicted molar refractivity (Wildman–Crippen MR) is 101 cm³/mol. The molecule has 0 aliphatic carbocycles. The van der Waals surface area contributed by atoms with Crippen molar-refractivity contribution in [2.24, 2.45) is 0 Å². The van der Waals surface area contributed by atoms with Gasteiger partial charge in [-0.05, 0) is 18.6 Å². The monoisotopic (exact) mass is 368 g/mol. The molecule has 1 atom stereocenters. The molecule has 0 N–H and O–H groups in total. The summed E-state index contributed by atoms with van der Waals surface area (Å²) in [7, 11) is 0. The summed E-state index contributed by atoms with van der Waals surface area (Å²) >= 11 is 0. The number of amides is 1. The molecule has 27 heavy (non-hydrogen) atoms. The molecule has 1 unspecified atom stereocenters. The lowest BCUT2D eigenvalue weighted by Gasteiger charge is -2.35. The Morgan fingerprint density at radius 2 is 1.96 bits per heavy atom. The lowest BCUT2D eigenvalue weighted by Crippen LogP contribution is -2.50. The molecular weight excluding hydrogens is 344 g/mol. The van der Waals surface area contributed by atoms with E-state index in [0.29, 0.717) is 24.8 Å². The molecule has 0 saturated carbocycles. The highest BCUT2D eigenvalue weighted by molar-refractivity contribution is 5.78. The van der Waals surface area contributed by atoms with E-state index in [1.165, 1.54) is 0 Å². The van der Waals surface area contributed by atoms with Gasteiger partial charge in [-0.3, -0.25) is 4.79 Å². The van der Waals surface area contributed by atoms with Crippen molar-refractivity contribution in [1.82, 2.24) is 14.9 Å². The first-order valence-corrected chi connectivity index (χ1v) is 9.40. The lowest BCUT2D eigenvalue weighted by atomic mass is 10.0. The minimum Gasteiger partial charge on any atom is -0.484 e. The van der Waals surface area contributed by atoms with E-state index in [1.807, 2.05) is 35.2 Å². The van der Waals surface area contributed by atoms with Crippen LogP contribution in [0.1, 0.15) is 18.0 Å². The highest BCUT2D eigenvalue weighted by Crippen LogP contribution is 2.25. The molecule has 1 amide bonds. The number of carbonyl (C=O) groups is 1. The van der Waals surface area contributed by atoms with Crippen molar-refractivity contribution in [3.8, 4) is 5.75 Å². The number of rotatable bonds is 5. The maximum atomic E-state index is 12.4. The third kappa shape index (κ3) is 4.36. The number of carbonyl (C=O) groups excluding carboxylic acids is 1. The maximum Gasteiger partial charge on any atom is 0.260 e. The zero-order valence-electron chi connectivity index (χ0n) is 15.3. The van der Waals surface area contributed by atoms with Gasteiger partial charge in [0.25, 0.3) is 5.91 Å². The quantitative estimate of drug-likeness (QED) is 0.800. The Kier molecular flexibility index (Phi) is 5.48. The van der Waals surface area contributed by atoms with Crippen molar-refractivity contribution >= 4 is 11.7 Å². The fourth-order valence-corrected chi connectivity index (χ4v) is 3.46. The zero-order chi connectivity index (χ0) is 18.5. The van der Waals surface area contributed by atoms with Crippen molar-refractivity contribution < 1.29 is 14.3 Å². The number of hydrogen-bond donors (Lipinski definition) is 0. The highest BCUT2D eigenvalue weighted by atomic mass is 16.5. The standard InChI is InChI=1S/C20H24N4O3/c25-20(14-27-17-4-2-1-3-5-17)24-9-7-23(8-10-24)19-12-18(21-15-22-19)16-6-11-26-13-16/h1-5,12,15-16H,6-11,13-14H2. The number of ether oxygens (including phenoxy) is 2. The fourth-order valence-electron chi connectivity index (χ4n) is 3.46. The molecule has 2 saturated heterocycles. The topological polar surface area (TPSA) is 67.8 Å². The third-order valence-electron chi connectivity index (χ3n) is 5.08. The minimum absolute atomic E-state index is 0.0185. The number of para-hydroxylation sites is 1. The Morgan fingerprint density at radius 3 is 2.70 bits per heavy atom. The van der Waals surface area contributed by atoms with E-state index in [1.54, 1.807) is 6.33 Å². The molecule has 142 valence electrons. The fraction of sp³-hybridized carbons (Fsp3) is 0.450. The molecule has 4 rings (SSSR count). The predicted octanol–water partition coefficient (Wildman–Crippen LogP) is 1.71. The van der Waals surface area contributed by atoms with Gasteiger partial charge in [0.2, 0.25) is 0 Å². The average Bonchev–Trinajstić information content (AvgIpc) is 3.28. The third-order valence-corrected chi connectivity index (χ3v) is 5.08. The second-order valence-corrected chi connectivity index (χ2v) is 6.83. The molecule has 2 aliphatic heterocycles. The molecule has 7 nitrogen and oxygen atoms in total. The molecule has 1 aromatic heterocycles. The largest absolute Gasteiger partial charge is 0.484 e. The Balaban J connectivity index is 1.29. The highest BCUT2D eigenvalue weighted by Gasteiger charge is 2.24. The summed E-state index contributed by atoms with van der Waals surface area (Å²) in [4.78, 5) is 25.3. The van der Waals surface area contributed by atoms with Gasteiger partial charge in [0.05, 0.1) is 12.3 Å². The smallest absolute Gasteiger partial charge is 0.260 e. The average molecular weight is 368 g/mol. The SMILES string of the molecule is O=C(COc1ccccc1)N1CCN(c2cc(C3CCOC3)ncn2)CC1. The van der Waals surface area contributed by atoms with Crippen LogP contribution in [-0.4, -0.2) is 66.8 Å². The van der Waals surface area contributed by atoms with E-state index in [4.69, 9.17) is 9.47 Å².